The molecule has 0 aliphatic heterocycles. The van der Waals surface area contributed by atoms with Crippen LogP contribution in [0.2, 0.25) is 0 Å². The first-order valence-corrected chi connectivity index (χ1v) is 3.79. The molecule has 62 valence electrons. The lowest BCUT2D eigenvalue weighted by atomic mass is 10.2. The molecule has 4 heteroatoms. The van der Waals surface area contributed by atoms with Gasteiger partial charge in [-0.05, 0) is 13.8 Å². The molecule has 0 saturated carbocycles. The lowest BCUT2D eigenvalue weighted by molar-refractivity contribution is 0.194. The maximum atomic E-state index is 9.01. The lowest BCUT2D eigenvalue weighted by Crippen LogP contribution is -2.04. The Morgan fingerprint density at radius 3 is 2.91 bits per heavy atom. The monoisotopic (exact) mass is 155 g/mol. The number of aliphatic hydroxyl groups excluding tert-OH is 1. The van der Waals surface area contributed by atoms with Crippen molar-refractivity contribution in [1.82, 2.24) is 15.0 Å². The van der Waals surface area contributed by atoms with Crippen LogP contribution in [-0.2, 0) is 13.0 Å². The van der Waals surface area contributed by atoms with Crippen molar-refractivity contribution in [3.8, 4) is 0 Å². The van der Waals surface area contributed by atoms with E-state index in [-0.39, 0.29) is 6.10 Å². The highest BCUT2D eigenvalue weighted by molar-refractivity contribution is 4.93. The van der Waals surface area contributed by atoms with Crippen LogP contribution in [0.15, 0.2) is 6.20 Å². The minimum atomic E-state index is -0.336. The first kappa shape index (κ1) is 8.20. The van der Waals surface area contributed by atoms with Crippen LogP contribution in [0.3, 0.4) is 0 Å². The average molecular weight is 155 g/mol. The molecule has 0 bridgehead atoms. The summed E-state index contributed by atoms with van der Waals surface area (Å²) >= 11 is 0. The Morgan fingerprint density at radius 1 is 1.73 bits per heavy atom. The van der Waals surface area contributed by atoms with Crippen LogP contribution in [0.1, 0.15) is 19.5 Å². The minimum absolute atomic E-state index is 0.336. The maximum absolute atomic E-state index is 9.01. The number of nitrogens with zero attached hydrogens (tertiary/aromatic N) is 3. The molecule has 1 heterocycles. The van der Waals surface area contributed by atoms with Crippen LogP contribution < -0.4 is 0 Å². The zero-order valence-corrected chi connectivity index (χ0v) is 6.86. The predicted octanol–water partition coefficient (Wildman–Crippen LogP) is 0.221. The van der Waals surface area contributed by atoms with Crippen molar-refractivity contribution in [3.63, 3.8) is 0 Å². The second kappa shape index (κ2) is 3.48. The van der Waals surface area contributed by atoms with Crippen molar-refractivity contribution >= 4 is 0 Å². The summed E-state index contributed by atoms with van der Waals surface area (Å²) in [4.78, 5) is 0. The lowest BCUT2D eigenvalue weighted by Gasteiger charge is -1.96. The van der Waals surface area contributed by atoms with Crippen LogP contribution in [0.5, 0.6) is 0 Å². The molecule has 1 aromatic rings. The second-order valence-corrected chi connectivity index (χ2v) is 2.62. The Hall–Kier alpha value is -0.900. The molecule has 0 aromatic carbocycles. The normalized spacial score (nSPS) is 13.4. The smallest absolute Gasteiger partial charge is 0.0852 e. The van der Waals surface area contributed by atoms with Crippen LogP contribution in [0.25, 0.3) is 0 Å². The zero-order chi connectivity index (χ0) is 8.27. The number of aromatic nitrogens is 3. The third kappa shape index (κ3) is 2.31. The Morgan fingerprint density at radius 2 is 2.45 bits per heavy atom. The summed E-state index contributed by atoms with van der Waals surface area (Å²) in [6.07, 6.45) is 2.10. The van der Waals surface area contributed by atoms with E-state index in [1.165, 1.54) is 0 Å². The van der Waals surface area contributed by atoms with Crippen LogP contribution >= 0.6 is 0 Å². The van der Waals surface area contributed by atoms with Crippen molar-refractivity contribution in [2.45, 2.75) is 32.9 Å². The first-order chi connectivity index (χ1) is 5.22. The van der Waals surface area contributed by atoms with Gasteiger partial charge in [-0.25, -0.2) is 0 Å². The van der Waals surface area contributed by atoms with Gasteiger partial charge < -0.3 is 5.11 Å². The van der Waals surface area contributed by atoms with Crippen LogP contribution in [0.4, 0.5) is 0 Å². The maximum Gasteiger partial charge on any atom is 0.0852 e. The molecule has 0 amide bonds. The van der Waals surface area contributed by atoms with Gasteiger partial charge in [0, 0.05) is 19.2 Å². The van der Waals surface area contributed by atoms with E-state index in [0.29, 0.717) is 6.42 Å². The fourth-order valence-electron chi connectivity index (χ4n) is 0.889. The highest BCUT2D eigenvalue weighted by atomic mass is 16.3. The Labute approximate surface area is 65.8 Å². The van der Waals surface area contributed by atoms with E-state index in [2.05, 4.69) is 10.3 Å². The third-order valence-electron chi connectivity index (χ3n) is 1.41. The van der Waals surface area contributed by atoms with E-state index in [1.807, 2.05) is 13.1 Å². The van der Waals surface area contributed by atoms with Crippen LogP contribution in [-0.4, -0.2) is 26.2 Å². The molecule has 11 heavy (non-hydrogen) atoms. The summed E-state index contributed by atoms with van der Waals surface area (Å²) < 4.78 is 1.75. The molecule has 1 aromatic heterocycles. The second-order valence-electron chi connectivity index (χ2n) is 2.62. The SMILES string of the molecule is CCn1cc(C[C@H](C)O)nn1. The topological polar surface area (TPSA) is 50.9 Å². The van der Waals surface area contributed by atoms with Crippen molar-refractivity contribution in [3.05, 3.63) is 11.9 Å². The highest BCUT2D eigenvalue weighted by Gasteiger charge is 2.02. The van der Waals surface area contributed by atoms with Crippen molar-refractivity contribution < 1.29 is 5.11 Å². The van der Waals surface area contributed by atoms with E-state index >= 15 is 0 Å². The molecule has 1 N–H and O–H groups in total. The summed E-state index contributed by atoms with van der Waals surface area (Å²) in [6, 6.07) is 0. The Kier molecular flexibility index (Phi) is 2.59. The van der Waals surface area contributed by atoms with Gasteiger partial charge in [-0.2, -0.15) is 0 Å². The number of hydrogen-bond acceptors (Lipinski definition) is 3. The number of aliphatic hydroxyl groups is 1. The van der Waals surface area contributed by atoms with Gasteiger partial charge in [0.15, 0.2) is 0 Å². The standard InChI is InChI=1S/C7H13N3O/c1-3-10-5-7(8-9-10)4-6(2)11/h5-6,11H,3-4H2,1-2H3/t6-/m0/s1. The summed E-state index contributed by atoms with van der Waals surface area (Å²) in [5, 5.41) is 16.7. The summed E-state index contributed by atoms with van der Waals surface area (Å²) in [5.41, 5.74) is 0.849. The average Bonchev–Trinajstić information content (AvgIpc) is 2.34. The van der Waals surface area contributed by atoms with E-state index in [4.69, 9.17) is 5.11 Å². The van der Waals surface area contributed by atoms with E-state index in [0.717, 1.165) is 12.2 Å². The highest BCUT2D eigenvalue weighted by Crippen LogP contribution is 1.97. The minimum Gasteiger partial charge on any atom is -0.393 e. The third-order valence-corrected chi connectivity index (χ3v) is 1.41. The van der Waals surface area contributed by atoms with Crippen molar-refractivity contribution in [1.29, 1.82) is 0 Å². The van der Waals surface area contributed by atoms with Gasteiger partial charge in [-0.1, -0.05) is 5.21 Å². The summed E-state index contributed by atoms with van der Waals surface area (Å²) in [6.45, 7) is 4.57. The van der Waals surface area contributed by atoms with E-state index < -0.39 is 0 Å². The van der Waals surface area contributed by atoms with Gasteiger partial charge >= 0.3 is 0 Å². The molecule has 1 rings (SSSR count). The van der Waals surface area contributed by atoms with Crippen molar-refractivity contribution in [2.24, 2.45) is 0 Å². The molecular weight excluding hydrogens is 142 g/mol. The molecule has 0 radical (unpaired) electrons. The van der Waals surface area contributed by atoms with Gasteiger partial charge in [0.05, 0.1) is 11.8 Å². The molecule has 4 nitrogen and oxygen atoms in total. The van der Waals surface area contributed by atoms with E-state index in [1.54, 1.807) is 11.6 Å². The van der Waals surface area contributed by atoms with Crippen molar-refractivity contribution in [2.75, 3.05) is 0 Å². The largest absolute Gasteiger partial charge is 0.393 e. The van der Waals surface area contributed by atoms with Crippen LogP contribution in [0, 0.1) is 0 Å². The van der Waals surface area contributed by atoms with Gasteiger partial charge in [-0.3, -0.25) is 4.68 Å². The fraction of sp³-hybridized carbons (Fsp3) is 0.714. The first-order valence-electron chi connectivity index (χ1n) is 3.79. The number of rotatable bonds is 3. The molecule has 0 spiro atoms. The fourth-order valence-corrected chi connectivity index (χ4v) is 0.889. The van der Waals surface area contributed by atoms with Gasteiger partial charge in [0.1, 0.15) is 0 Å². The molecule has 0 unspecified atom stereocenters. The molecule has 0 aliphatic rings. The number of aryl methyl sites for hydroxylation is 1. The van der Waals surface area contributed by atoms with Gasteiger partial charge in [0.2, 0.25) is 0 Å². The molecule has 0 saturated heterocycles. The van der Waals surface area contributed by atoms with E-state index in [9.17, 15) is 0 Å². The predicted molar refractivity (Wildman–Crippen MR) is 41.1 cm³/mol. The van der Waals surface area contributed by atoms with Gasteiger partial charge in [0.25, 0.3) is 0 Å². The molecular formula is C7H13N3O. The molecule has 0 aliphatic carbocycles. The summed E-state index contributed by atoms with van der Waals surface area (Å²) in [5.74, 6) is 0. The number of hydrogen-bond donors (Lipinski definition) is 1. The quantitative estimate of drug-likeness (QED) is 0.679. The Bertz CT molecular complexity index is 219. The summed E-state index contributed by atoms with van der Waals surface area (Å²) in [7, 11) is 0. The molecule has 1 atom stereocenters. The Balaban J connectivity index is 2.58. The molecule has 0 fully saturated rings. The van der Waals surface area contributed by atoms with Gasteiger partial charge in [-0.15, -0.1) is 5.10 Å². The zero-order valence-electron chi connectivity index (χ0n) is 6.86.